The van der Waals surface area contributed by atoms with E-state index < -0.39 is 10.8 Å². The lowest BCUT2D eigenvalue weighted by atomic mass is 9.66. The third-order valence-corrected chi connectivity index (χ3v) is 14.9. The first-order chi connectivity index (χ1) is 31.5. The molecule has 2 unspecified atom stereocenters. The number of rotatable bonds is 5. The Hall–Kier alpha value is -7.22. The SMILES string of the molecule is CC(C)(C)c1ccc(C2(c3ccccc3)c3ccccc3-c3cccc(N(c4ccccc4)c4ccc5c(c4)C4(c6ccccc6-5)c5ccccc5-c5ccc(C(C)(C)C)cc54)c32)cc1. The minimum absolute atomic E-state index is 0.0124. The molecule has 0 aromatic heterocycles. The van der Waals surface area contributed by atoms with Crippen LogP contribution in [0.2, 0.25) is 0 Å². The predicted molar refractivity (Wildman–Crippen MR) is 272 cm³/mol. The summed E-state index contributed by atoms with van der Waals surface area (Å²) in [6.45, 7) is 13.9. The second kappa shape index (κ2) is 14.1. The molecule has 0 aliphatic heterocycles. The van der Waals surface area contributed by atoms with E-state index >= 15 is 0 Å². The second-order valence-corrected chi connectivity index (χ2v) is 20.4. The first kappa shape index (κ1) is 39.4. The number of para-hydroxylation sites is 1. The minimum Gasteiger partial charge on any atom is -0.310 e. The summed E-state index contributed by atoms with van der Waals surface area (Å²) in [7, 11) is 0. The lowest BCUT2D eigenvalue weighted by molar-refractivity contribution is 0.588. The zero-order valence-electron chi connectivity index (χ0n) is 38.2. The fraction of sp³-hybridized carbons (Fsp3) is 0.156. The molecule has 9 aromatic rings. The zero-order valence-corrected chi connectivity index (χ0v) is 38.2. The number of benzene rings is 9. The van der Waals surface area contributed by atoms with Crippen molar-refractivity contribution in [2.24, 2.45) is 0 Å². The molecule has 0 heterocycles. The smallest absolute Gasteiger partial charge is 0.0734 e. The molecule has 2 atom stereocenters. The van der Waals surface area contributed by atoms with Crippen molar-refractivity contribution in [2.45, 2.75) is 63.2 Å². The average Bonchev–Trinajstić information content (AvgIpc) is 3.92. The number of hydrogen-bond acceptors (Lipinski definition) is 1. The Labute approximate surface area is 384 Å². The highest BCUT2D eigenvalue weighted by molar-refractivity contribution is 5.98. The van der Waals surface area contributed by atoms with Crippen LogP contribution in [0.1, 0.15) is 97.2 Å². The maximum absolute atomic E-state index is 2.55. The number of fused-ring (bicyclic) bond motifs is 13. The van der Waals surface area contributed by atoms with Crippen LogP contribution in [0.4, 0.5) is 17.1 Å². The van der Waals surface area contributed by atoms with Crippen LogP contribution in [-0.4, -0.2) is 0 Å². The molecule has 0 amide bonds. The molecule has 9 aromatic carbocycles. The van der Waals surface area contributed by atoms with Gasteiger partial charge in [-0.3, -0.25) is 0 Å². The van der Waals surface area contributed by atoms with Gasteiger partial charge in [0, 0.05) is 16.9 Å². The Morgan fingerprint density at radius 1 is 0.308 bits per heavy atom. The highest BCUT2D eigenvalue weighted by Gasteiger charge is 2.53. The van der Waals surface area contributed by atoms with Gasteiger partial charge in [-0.25, -0.2) is 0 Å². The summed E-state index contributed by atoms with van der Waals surface area (Å²) in [5, 5.41) is 0. The quantitative estimate of drug-likeness (QED) is 0.167. The van der Waals surface area contributed by atoms with Gasteiger partial charge in [-0.15, -0.1) is 0 Å². The largest absolute Gasteiger partial charge is 0.310 e. The molecule has 12 rings (SSSR count). The molecule has 0 fully saturated rings. The van der Waals surface area contributed by atoms with Gasteiger partial charge < -0.3 is 4.90 Å². The van der Waals surface area contributed by atoms with E-state index in [2.05, 4.69) is 259 Å². The van der Waals surface area contributed by atoms with Crippen LogP contribution in [0.3, 0.4) is 0 Å². The number of anilines is 3. The third kappa shape index (κ3) is 5.51. The highest BCUT2D eigenvalue weighted by atomic mass is 15.1. The molecule has 314 valence electrons. The van der Waals surface area contributed by atoms with E-state index in [-0.39, 0.29) is 10.8 Å². The standard InChI is InChI=1S/C64H53N/c1-61(2,3)42-32-34-44(35-33-42)63(43-20-9-7-10-21-43)54-28-16-15-26-50(54)53-27-19-31-59(60(53)63)65(46-22-11-8-12-23-46)47-37-39-52-49-25-14-18-30-56(49)64(58(52)41-47)55-29-17-13-24-48(55)51-38-36-45(40-57(51)64)62(4,5)6/h7-41H,1-6H3. The van der Waals surface area contributed by atoms with Crippen LogP contribution in [0.15, 0.2) is 212 Å². The second-order valence-electron chi connectivity index (χ2n) is 20.4. The van der Waals surface area contributed by atoms with Crippen molar-refractivity contribution in [1.82, 2.24) is 0 Å². The van der Waals surface area contributed by atoms with Gasteiger partial charge in [0.1, 0.15) is 0 Å². The average molecular weight is 836 g/mol. The summed E-state index contributed by atoms with van der Waals surface area (Å²) < 4.78 is 0. The summed E-state index contributed by atoms with van der Waals surface area (Å²) in [4.78, 5) is 2.55. The van der Waals surface area contributed by atoms with Crippen LogP contribution < -0.4 is 4.90 Å². The zero-order chi connectivity index (χ0) is 44.3. The summed E-state index contributed by atoms with van der Waals surface area (Å²) in [5.74, 6) is 0. The summed E-state index contributed by atoms with van der Waals surface area (Å²) in [5.41, 5.74) is 23.3. The molecule has 0 N–H and O–H groups in total. The summed E-state index contributed by atoms with van der Waals surface area (Å²) in [6, 6.07) is 80.9. The van der Waals surface area contributed by atoms with Gasteiger partial charge >= 0.3 is 0 Å². The molecule has 0 radical (unpaired) electrons. The van der Waals surface area contributed by atoms with Gasteiger partial charge in [0.15, 0.2) is 0 Å². The van der Waals surface area contributed by atoms with Crippen LogP contribution in [0.5, 0.6) is 0 Å². The first-order valence-electron chi connectivity index (χ1n) is 23.3. The molecule has 0 saturated heterocycles. The monoisotopic (exact) mass is 835 g/mol. The summed E-state index contributed by atoms with van der Waals surface area (Å²) >= 11 is 0. The lowest BCUT2D eigenvalue weighted by Crippen LogP contribution is -2.31. The van der Waals surface area contributed by atoms with Crippen molar-refractivity contribution in [3.63, 3.8) is 0 Å². The van der Waals surface area contributed by atoms with Gasteiger partial charge in [-0.1, -0.05) is 224 Å². The first-order valence-corrected chi connectivity index (χ1v) is 23.3. The van der Waals surface area contributed by atoms with Crippen LogP contribution in [0, 0.1) is 0 Å². The number of hydrogen-bond donors (Lipinski definition) is 0. The molecule has 0 saturated carbocycles. The lowest BCUT2D eigenvalue weighted by Gasteiger charge is -2.38. The Bertz CT molecular complexity index is 3310. The van der Waals surface area contributed by atoms with Crippen LogP contribution in [0.25, 0.3) is 33.4 Å². The predicted octanol–water partition coefficient (Wildman–Crippen LogP) is 16.5. The van der Waals surface area contributed by atoms with Crippen molar-refractivity contribution >= 4 is 17.1 Å². The van der Waals surface area contributed by atoms with Gasteiger partial charge in [0.05, 0.1) is 16.5 Å². The molecule has 1 nitrogen and oxygen atoms in total. The Morgan fingerprint density at radius 2 is 0.754 bits per heavy atom. The molecular weight excluding hydrogens is 783 g/mol. The van der Waals surface area contributed by atoms with E-state index in [1.807, 2.05) is 0 Å². The minimum atomic E-state index is -0.603. The Balaban J connectivity index is 1.17. The Morgan fingerprint density at radius 3 is 1.35 bits per heavy atom. The van der Waals surface area contributed by atoms with Crippen molar-refractivity contribution < 1.29 is 0 Å². The molecule has 1 spiro atoms. The van der Waals surface area contributed by atoms with E-state index in [4.69, 9.17) is 0 Å². The van der Waals surface area contributed by atoms with Crippen LogP contribution >= 0.6 is 0 Å². The van der Waals surface area contributed by atoms with Crippen molar-refractivity contribution in [3.05, 3.63) is 268 Å². The fourth-order valence-electron chi connectivity index (χ4n) is 11.9. The molecule has 3 aliphatic carbocycles. The van der Waals surface area contributed by atoms with Gasteiger partial charge in [-0.2, -0.15) is 0 Å². The topological polar surface area (TPSA) is 3.24 Å². The molecule has 1 heteroatoms. The maximum Gasteiger partial charge on any atom is 0.0734 e. The van der Waals surface area contributed by atoms with E-state index in [1.54, 1.807) is 0 Å². The molecule has 3 aliphatic rings. The number of nitrogens with zero attached hydrogens (tertiary/aromatic N) is 1. The van der Waals surface area contributed by atoms with E-state index in [9.17, 15) is 0 Å². The van der Waals surface area contributed by atoms with Crippen molar-refractivity contribution in [3.8, 4) is 33.4 Å². The van der Waals surface area contributed by atoms with E-state index in [0.29, 0.717) is 0 Å². The van der Waals surface area contributed by atoms with Gasteiger partial charge in [0.2, 0.25) is 0 Å². The summed E-state index contributed by atoms with van der Waals surface area (Å²) in [6.07, 6.45) is 0. The molecular formula is C64H53N. The van der Waals surface area contributed by atoms with Gasteiger partial charge in [-0.05, 0) is 125 Å². The Kier molecular flexibility index (Phi) is 8.57. The molecule has 0 bridgehead atoms. The highest BCUT2D eigenvalue weighted by Crippen LogP contribution is 2.65. The maximum atomic E-state index is 2.55. The van der Waals surface area contributed by atoms with Crippen molar-refractivity contribution in [1.29, 1.82) is 0 Å². The molecule has 65 heavy (non-hydrogen) atoms. The third-order valence-electron chi connectivity index (χ3n) is 14.9. The van der Waals surface area contributed by atoms with E-state index in [0.717, 1.165) is 11.4 Å². The fourth-order valence-corrected chi connectivity index (χ4v) is 11.9. The normalized spacial score (nSPS) is 17.5. The van der Waals surface area contributed by atoms with Crippen LogP contribution in [-0.2, 0) is 21.7 Å². The van der Waals surface area contributed by atoms with Gasteiger partial charge in [0.25, 0.3) is 0 Å². The van der Waals surface area contributed by atoms with Crippen molar-refractivity contribution in [2.75, 3.05) is 4.90 Å². The van der Waals surface area contributed by atoms with E-state index in [1.165, 1.54) is 94.7 Å².